The van der Waals surface area contributed by atoms with Gasteiger partial charge < -0.3 is 14.7 Å². The van der Waals surface area contributed by atoms with Crippen molar-refractivity contribution in [1.82, 2.24) is 4.90 Å². The van der Waals surface area contributed by atoms with E-state index in [0.717, 1.165) is 0 Å². The summed E-state index contributed by atoms with van der Waals surface area (Å²) in [6.07, 6.45) is 0.542. The number of esters is 1. The van der Waals surface area contributed by atoms with Crippen LogP contribution in [-0.4, -0.2) is 48.1 Å². The van der Waals surface area contributed by atoms with Gasteiger partial charge in [-0.25, -0.2) is 0 Å². The quantitative estimate of drug-likeness (QED) is 0.691. The van der Waals surface area contributed by atoms with Crippen LogP contribution in [0.5, 0.6) is 0 Å². The van der Waals surface area contributed by atoms with Crippen LogP contribution >= 0.6 is 0 Å². The monoisotopic (exact) mass is 271 g/mol. The van der Waals surface area contributed by atoms with Gasteiger partial charge in [-0.1, -0.05) is 13.8 Å². The van der Waals surface area contributed by atoms with Gasteiger partial charge in [0.1, 0.15) is 0 Å². The number of amides is 1. The third-order valence-corrected chi connectivity index (χ3v) is 3.14. The van der Waals surface area contributed by atoms with Gasteiger partial charge in [0, 0.05) is 13.1 Å². The summed E-state index contributed by atoms with van der Waals surface area (Å²) in [4.78, 5) is 35.7. The van der Waals surface area contributed by atoms with Crippen LogP contribution in [0.15, 0.2) is 0 Å². The fraction of sp³-hybridized carbons (Fsp3) is 0.769. The molecule has 0 aromatic carbocycles. The molecule has 0 heterocycles. The molecule has 2 unspecified atom stereocenters. The first-order valence-electron chi connectivity index (χ1n) is 6.45. The highest BCUT2D eigenvalue weighted by atomic mass is 16.5. The average molecular weight is 271 g/mol. The SMILES string of the molecule is COC(=O)CCN(CC(C)C)C(=O)C1CC1C(=O)O. The van der Waals surface area contributed by atoms with Crippen LogP contribution in [0.4, 0.5) is 0 Å². The molecule has 1 fully saturated rings. The summed E-state index contributed by atoms with van der Waals surface area (Å²) in [5.74, 6) is -2.16. The zero-order valence-corrected chi connectivity index (χ0v) is 11.6. The van der Waals surface area contributed by atoms with Crippen molar-refractivity contribution in [3.05, 3.63) is 0 Å². The molecule has 108 valence electrons. The Kier molecular flexibility index (Phi) is 5.32. The smallest absolute Gasteiger partial charge is 0.307 e. The fourth-order valence-electron chi connectivity index (χ4n) is 2.04. The topological polar surface area (TPSA) is 83.9 Å². The minimum atomic E-state index is -0.921. The Morgan fingerprint density at radius 3 is 2.37 bits per heavy atom. The van der Waals surface area contributed by atoms with Crippen LogP contribution in [0.1, 0.15) is 26.7 Å². The third-order valence-electron chi connectivity index (χ3n) is 3.14. The Morgan fingerprint density at radius 2 is 1.95 bits per heavy atom. The molecule has 0 spiro atoms. The van der Waals surface area contributed by atoms with E-state index in [2.05, 4.69) is 4.74 Å². The van der Waals surface area contributed by atoms with E-state index in [9.17, 15) is 14.4 Å². The first kappa shape index (κ1) is 15.5. The number of carbonyl (C=O) groups is 3. The van der Waals surface area contributed by atoms with E-state index in [1.165, 1.54) is 7.11 Å². The molecule has 6 heteroatoms. The molecule has 0 aliphatic heterocycles. The molecule has 0 bridgehead atoms. The number of hydrogen-bond acceptors (Lipinski definition) is 4. The van der Waals surface area contributed by atoms with Crippen LogP contribution in [0.2, 0.25) is 0 Å². The lowest BCUT2D eigenvalue weighted by Gasteiger charge is -2.24. The summed E-state index contributed by atoms with van der Waals surface area (Å²) in [6.45, 7) is 4.76. The molecule has 1 amide bonds. The highest BCUT2D eigenvalue weighted by Crippen LogP contribution is 2.40. The second kappa shape index (κ2) is 6.54. The number of carboxylic acids is 1. The van der Waals surface area contributed by atoms with E-state index in [0.29, 0.717) is 13.0 Å². The first-order valence-corrected chi connectivity index (χ1v) is 6.45. The van der Waals surface area contributed by atoms with Crippen molar-refractivity contribution in [3.8, 4) is 0 Å². The Balaban J connectivity index is 2.56. The molecule has 0 saturated heterocycles. The molecule has 0 aromatic heterocycles. The number of nitrogens with zero attached hydrogens (tertiary/aromatic N) is 1. The summed E-state index contributed by atoms with van der Waals surface area (Å²) in [5.41, 5.74) is 0. The number of methoxy groups -OCH3 is 1. The summed E-state index contributed by atoms with van der Waals surface area (Å²) >= 11 is 0. The van der Waals surface area contributed by atoms with Crippen molar-refractivity contribution in [1.29, 1.82) is 0 Å². The number of ether oxygens (including phenoxy) is 1. The molecular weight excluding hydrogens is 250 g/mol. The highest BCUT2D eigenvalue weighted by molar-refractivity contribution is 5.89. The molecule has 1 aliphatic carbocycles. The third kappa shape index (κ3) is 4.54. The zero-order valence-electron chi connectivity index (χ0n) is 11.6. The number of aliphatic carboxylic acids is 1. The summed E-state index contributed by atoms with van der Waals surface area (Å²) in [7, 11) is 1.30. The van der Waals surface area contributed by atoms with Crippen LogP contribution in [-0.2, 0) is 19.1 Å². The maximum Gasteiger partial charge on any atom is 0.307 e. The van der Waals surface area contributed by atoms with Gasteiger partial charge in [0.25, 0.3) is 0 Å². The minimum absolute atomic E-state index is 0.138. The summed E-state index contributed by atoms with van der Waals surface area (Å²) in [5, 5.41) is 8.85. The Hall–Kier alpha value is -1.59. The van der Waals surface area contributed by atoms with E-state index < -0.39 is 17.8 Å². The Morgan fingerprint density at radius 1 is 1.32 bits per heavy atom. The molecule has 1 rings (SSSR count). The maximum absolute atomic E-state index is 12.2. The van der Waals surface area contributed by atoms with Gasteiger partial charge in [-0.2, -0.15) is 0 Å². The number of rotatable bonds is 7. The lowest BCUT2D eigenvalue weighted by Crippen LogP contribution is -2.37. The maximum atomic E-state index is 12.2. The molecule has 6 nitrogen and oxygen atoms in total. The molecule has 0 aromatic rings. The molecule has 1 aliphatic rings. The van der Waals surface area contributed by atoms with Crippen LogP contribution in [0.25, 0.3) is 0 Å². The number of carbonyl (C=O) groups excluding carboxylic acids is 2. The van der Waals surface area contributed by atoms with Crippen molar-refractivity contribution < 1.29 is 24.2 Å². The van der Waals surface area contributed by atoms with Gasteiger partial charge in [-0.3, -0.25) is 14.4 Å². The van der Waals surface area contributed by atoms with Crippen molar-refractivity contribution in [2.75, 3.05) is 20.2 Å². The number of hydrogen-bond donors (Lipinski definition) is 1. The molecule has 1 saturated carbocycles. The summed E-state index contributed by atoms with van der Waals surface area (Å²) in [6, 6.07) is 0. The van der Waals surface area contributed by atoms with Crippen LogP contribution in [0.3, 0.4) is 0 Å². The first-order chi connectivity index (χ1) is 8.86. The van der Waals surface area contributed by atoms with Crippen LogP contribution < -0.4 is 0 Å². The molecular formula is C13H21NO5. The van der Waals surface area contributed by atoms with Gasteiger partial charge >= 0.3 is 11.9 Å². The van der Waals surface area contributed by atoms with E-state index in [4.69, 9.17) is 5.11 Å². The van der Waals surface area contributed by atoms with E-state index in [1.54, 1.807) is 4.90 Å². The van der Waals surface area contributed by atoms with Crippen molar-refractivity contribution in [2.45, 2.75) is 26.7 Å². The predicted octanol–water partition coefficient (Wildman–Crippen LogP) is 0.755. The second-order valence-electron chi connectivity index (χ2n) is 5.29. The molecule has 19 heavy (non-hydrogen) atoms. The van der Waals surface area contributed by atoms with Crippen molar-refractivity contribution in [3.63, 3.8) is 0 Å². The standard InChI is InChI=1S/C13H21NO5/c1-8(2)7-14(5-4-11(15)19-3)12(16)9-6-10(9)13(17)18/h8-10H,4-7H2,1-3H3,(H,17,18). The van der Waals surface area contributed by atoms with Gasteiger partial charge in [-0.15, -0.1) is 0 Å². The summed E-state index contributed by atoms with van der Waals surface area (Å²) < 4.78 is 4.55. The van der Waals surface area contributed by atoms with E-state index in [1.807, 2.05) is 13.8 Å². The van der Waals surface area contributed by atoms with E-state index >= 15 is 0 Å². The molecule has 2 atom stereocenters. The lowest BCUT2D eigenvalue weighted by atomic mass is 10.1. The average Bonchev–Trinajstić information content (AvgIpc) is 3.12. The van der Waals surface area contributed by atoms with Crippen LogP contribution in [0, 0.1) is 17.8 Å². The Bertz CT molecular complexity index is 366. The normalized spacial score (nSPS) is 21.1. The lowest BCUT2D eigenvalue weighted by molar-refractivity contribution is -0.144. The van der Waals surface area contributed by atoms with Gasteiger partial charge in [-0.05, 0) is 12.3 Å². The molecule has 0 radical (unpaired) electrons. The second-order valence-corrected chi connectivity index (χ2v) is 5.29. The van der Waals surface area contributed by atoms with Gasteiger partial charge in [0.15, 0.2) is 0 Å². The zero-order chi connectivity index (χ0) is 14.6. The Labute approximate surface area is 112 Å². The molecule has 1 N–H and O–H groups in total. The van der Waals surface area contributed by atoms with Gasteiger partial charge in [0.2, 0.25) is 5.91 Å². The largest absolute Gasteiger partial charge is 0.481 e. The van der Waals surface area contributed by atoms with Crippen molar-refractivity contribution in [2.24, 2.45) is 17.8 Å². The minimum Gasteiger partial charge on any atom is -0.481 e. The van der Waals surface area contributed by atoms with E-state index in [-0.39, 0.29) is 30.8 Å². The fourth-order valence-corrected chi connectivity index (χ4v) is 2.04. The predicted molar refractivity (Wildman–Crippen MR) is 67.3 cm³/mol. The number of carboxylic acid groups (broad SMARTS) is 1. The van der Waals surface area contributed by atoms with Crippen molar-refractivity contribution >= 4 is 17.8 Å². The highest BCUT2D eigenvalue weighted by Gasteiger charge is 2.49. The van der Waals surface area contributed by atoms with Gasteiger partial charge in [0.05, 0.1) is 25.4 Å².